The van der Waals surface area contributed by atoms with E-state index < -0.39 is 0 Å². The lowest BCUT2D eigenvalue weighted by molar-refractivity contribution is -0.152. The quantitative estimate of drug-likeness (QED) is 0.767. The minimum Gasteiger partial charge on any atom is -0.462 e. The summed E-state index contributed by atoms with van der Waals surface area (Å²) in [5.74, 6) is -0.00995. The molecule has 0 bridgehead atoms. The smallest absolute Gasteiger partial charge is 0.306 e. The van der Waals surface area contributed by atoms with Crippen molar-refractivity contribution < 1.29 is 9.53 Å². The van der Waals surface area contributed by atoms with Gasteiger partial charge in [-0.15, -0.1) is 0 Å². The molecule has 0 aliphatic heterocycles. The van der Waals surface area contributed by atoms with Gasteiger partial charge in [-0.3, -0.25) is 4.79 Å². The van der Waals surface area contributed by atoms with Crippen LogP contribution in [-0.4, -0.2) is 18.6 Å². The summed E-state index contributed by atoms with van der Waals surface area (Å²) in [7, 11) is 0. The van der Waals surface area contributed by atoms with Gasteiger partial charge in [0.25, 0.3) is 0 Å². The molecule has 0 amide bonds. The Morgan fingerprint density at radius 3 is 2.35 bits per heavy atom. The summed E-state index contributed by atoms with van der Waals surface area (Å²) in [5, 5.41) is 0. The van der Waals surface area contributed by atoms with Gasteiger partial charge in [-0.05, 0) is 50.5 Å². The Morgan fingerprint density at radius 1 is 1.12 bits per heavy atom. The fourth-order valence-electron chi connectivity index (χ4n) is 3.29. The Kier molecular flexibility index (Phi) is 4.43. The molecule has 3 heteroatoms. The van der Waals surface area contributed by atoms with E-state index in [2.05, 4.69) is 0 Å². The Bertz CT molecular complexity index is 253. The van der Waals surface area contributed by atoms with Crippen molar-refractivity contribution in [2.75, 3.05) is 6.54 Å². The van der Waals surface area contributed by atoms with Gasteiger partial charge in [-0.25, -0.2) is 0 Å². The van der Waals surface area contributed by atoms with Crippen LogP contribution in [0.3, 0.4) is 0 Å². The molecule has 2 rings (SSSR count). The number of rotatable bonds is 4. The number of hydrogen-bond donors (Lipinski definition) is 1. The molecular weight excluding hydrogens is 214 g/mol. The highest BCUT2D eigenvalue weighted by Crippen LogP contribution is 2.39. The maximum Gasteiger partial charge on any atom is 0.306 e. The van der Waals surface area contributed by atoms with Gasteiger partial charge in [0.2, 0.25) is 0 Å². The van der Waals surface area contributed by atoms with Crippen LogP contribution in [0.5, 0.6) is 0 Å². The first-order chi connectivity index (χ1) is 8.24. The molecule has 0 spiro atoms. The zero-order valence-electron chi connectivity index (χ0n) is 10.7. The predicted molar refractivity (Wildman–Crippen MR) is 67.5 cm³/mol. The number of nitrogens with two attached hydrogens (primary N) is 1. The van der Waals surface area contributed by atoms with Gasteiger partial charge in [-0.1, -0.05) is 19.3 Å². The Balaban J connectivity index is 1.82. The third kappa shape index (κ3) is 3.44. The summed E-state index contributed by atoms with van der Waals surface area (Å²) in [6.07, 6.45) is 11.2. The van der Waals surface area contributed by atoms with Crippen LogP contribution in [0.25, 0.3) is 0 Å². The van der Waals surface area contributed by atoms with Gasteiger partial charge in [0, 0.05) is 0 Å². The van der Waals surface area contributed by atoms with Crippen molar-refractivity contribution in [2.45, 2.75) is 70.3 Å². The lowest BCUT2D eigenvalue weighted by Gasteiger charge is -2.35. The van der Waals surface area contributed by atoms with E-state index in [9.17, 15) is 4.79 Å². The van der Waals surface area contributed by atoms with Crippen molar-refractivity contribution in [2.24, 2.45) is 11.1 Å². The molecule has 2 aliphatic carbocycles. The van der Waals surface area contributed by atoms with E-state index in [-0.39, 0.29) is 17.5 Å². The first kappa shape index (κ1) is 12.9. The molecule has 2 saturated carbocycles. The number of ether oxygens (including phenoxy) is 1. The molecule has 3 nitrogen and oxygen atoms in total. The lowest BCUT2D eigenvalue weighted by atomic mass is 9.72. The number of carbonyl (C=O) groups is 1. The van der Waals surface area contributed by atoms with Gasteiger partial charge in [0.05, 0.1) is 6.42 Å². The van der Waals surface area contributed by atoms with Crippen molar-refractivity contribution in [3.63, 3.8) is 0 Å². The Labute approximate surface area is 104 Å². The second-order valence-electron chi connectivity index (χ2n) is 5.84. The summed E-state index contributed by atoms with van der Waals surface area (Å²) in [6, 6.07) is 0. The van der Waals surface area contributed by atoms with E-state index in [1.165, 1.54) is 32.1 Å². The largest absolute Gasteiger partial charge is 0.462 e. The van der Waals surface area contributed by atoms with Crippen LogP contribution < -0.4 is 5.73 Å². The van der Waals surface area contributed by atoms with Gasteiger partial charge in [0.1, 0.15) is 6.10 Å². The fraction of sp³-hybridized carbons (Fsp3) is 0.929. The molecule has 0 aromatic heterocycles. The average Bonchev–Trinajstić information content (AvgIpc) is 2.83. The molecule has 0 aromatic rings. The summed E-state index contributed by atoms with van der Waals surface area (Å²) >= 11 is 0. The zero-order valence-corrected chi connectivity index (χ0v) is 10.7. The second kappa shape index (κ2) is 5.85. The van der Waals surface area contributed by atoms with Crippen LogP contribution in [0, 0.1) is 5.41 Å². The molecule has 98 valence electrons. The van der Waals surface area contributed by atoms with Crippen LogP contribution in [0.1, 0.15) is 64.2 Å². The van der Waals surface area contributed by atoms with E-state index in [4.69, 9.17) is 10.5 Å². The minimum absolute atomic E-state index is 0.00995. The standard InChI is InChI=1S/C14H25NO2/c15-11-14(8-4-1-5-9-14)10-13(16)17-12-6-2-3-7-12/h12H,1-11,15H2. The van der Waals surface area contributed by atoms with Crippen molar-refractivity contribution >= 4 is 5.97 Å². The van der Waals surface area contributed by atoms with Crippen LogP contribution >= 0.6 is 0 Å². The summed E-state index contributed by atoms with van der Waals surface area (Å²) < 4.78 is 5.55. The van der Waals surface area contributed by atoms with Gasteiger partial charge in [0.15, 0.2) is 0 Å². The summed E-state index contributed by atoms with van der Waals surface area (Å²) in [4.78, 5) is 12.0. The molecule has 17 heavy (non-hydrogen) atoms. The Hall–Kier alpha value is -0.570. The van der Waals surface area contributed by atoms with Crippen molar-refractivity contribution in [3.05, 3.63) is 0 Å². The highest BCUT2D eigenvalue weighted by Gasteiger charge is 2.34. The molecule has 2 N–H and O–H groups in total. The van der Waals surface area contributed by atoms with Gasteiger partial charge >= 0.3 is 5.97 Å². The highest BCUT2D eigenvalue weighted by molar-refractivity contribution is 5.70. The van der Waals surface area contributed by atoms with E-state index in [0.29, 0.717) is 13.0 Å². The van der Waals surface area contributed by atoms with Crippen LogP contribution in [0.4, 0.5) is 0 Å². The van der Waals surface area contributed by atoms with Crippen LogP contribution in [0.2, 0.25) is 0 Å². The highest BCUT2D eigenvalue weighted by atomic mass is 16.5. The van der Waals surface area contributed by atoms with E-state index in [1.807, 2.05) is 0 Å². The predicted octanol–water partition coefficient (Wildman–Crippen LogP) is 2.77. The molecule has 0 heterocycles. The molecule has 2 aliphatic rings. The lowest BCUT2D eigenvalue weighted by Crippen LogP contribution is -2.36. The average molecular weight is 239 g/mol. The first-order valence-corrected chi connectivity index (χ1v) is 7.14. The van der Waals surface area contributed by atoms with E-state index >= 15 is 0 Å². The third-order valence-corrected chi connectivity index (χ3v) is 4.47. The summed E-state index contributed by atoms with van der Waals surface area (Å²) in [5.41, 5.74) is 5.94. The van der Waals surface area contributed by atoms with Crippen LogP contribution in [0.15, 0.2) is 0 Å². The van der Waals surface area contributed by atoms with Crippen LogP contribution in [-0.2, 0) is 9.53 Å². The fourth-order valence-corrected chi connectivity index (χ4v) is 3.29. The third-order valence-electron chi connectivity index (χ3n) is 4.47. The molecule has 0 radical (unpaired) electrons. The molecule has 0 unspecified atom stereocenters. The molecule has 0 aromatic carbocycles. The van der Waals surface area contributed by atoms with Crippen molar-refractivity contribution in [1.29, 1.82) is 0 Å². The SMILES string of the molecule is NCC1(CC(=O)OC2CCCC2)CCCCC1. The number of carbonyl (C=O) groups excluding carboxylic acids is 1. The second-order valence-corrected chi connectivity index (χ2v) is 5.84. The maximum atomic E-state index is 12.0. The monoisotopic (exact) mass is 239 g/mol. The molecular formula is C14H25NO2. The number of hydrogen-bond acceptors (Lipinski definition) is 3. The van der Waals surface area contributed by atoms with Crippen molar-refractivity contribution in [1.82, 2.24) is 0 Å². The molecule has 0 saturated heterocycles. The summed E-state index contributed by atoms with van der Waals surface area (Å²) in [6.45, 7) is 0.632. The normalized spacial score (nSPS) is 24.8. The number of esters is 1. The minimum atomic E-state index is -0.00995. The maximum absolute atomic E-state index is 12.0. The van der Waals surface area contributed by atoms with Crippen molar-refractivity contribution in [3.8, 4) is 0 Å². The Morgan fingerprint density at radius 2 is 1.76 bits per heavy atom. The molecule has 0 atom stereocenters. The van der Waals surface area contributed by atoms with E-state index in [0.717, 1.165) is 25.7 Å². The van der Waals surface area contributed by atoms with Gasteiger partial charge in [-0.2, -0.15) is 0 Å². The zero-order chi connectivity index (χ0) is 12.1. The molecule has 2 fully saturated rings. The topological polar surface area (TPSA) is 52.3 Å². The first-order valence-electron chi connectivity index (χ1n) is 7.14. The van der Waals surface area contributed by atoms with E-state index in [1.54, 1.807) is 0 Å². The van der Waals surface area contributed by atoms with Gasteiger partial charge < -0.3 is 10.5 Å².